The molecule has 0 N–H and O–H groups in total. The number of nitrogens with zero attached hydrogens (tertiary/aromatic N) is 2. The third-order valence-electron chi connectivity index (χ3n) is 1.71. The van der Waals surface area contributed by atoms with Crippen molar-refractivity contribution >= 4 is 5.97 Å². The zero-order chi connectivity index (χ0) is 11.3. The highest BCUT2D eigenvalue weighted by atomic mass is 16.5. The molecule has 0 spiro atoms. The fraction of sp³-hybridized carbons (Fsp3) is 0.455. The van der Waals surface area contributed by atoms with Gasteiger partial charge in [0.25, 0.3) is 0 Å². The summed E-state index contributed by atoms with van der Waals surface area (Å²) < 4.78 is 6.46. The van der Waals surface area contributed by atoms with E-state index in [1.54, 1.807) is 24.0 Å². The van der Waals surface area contributed by atoms with Crippen LogP contribution in [0.3, 0.4) is 0 Å². The Morgan fingerprint density at radius 2 is 2.40 bits per heavy atom. The molecule has 0 bridgehead atoms. The molecule has 4 heteroatoms. The molecule has 0 aromatic carbocycles. The Morgan fingerprint density at radius 3 is 2.93 bits per heavy atom. The predicted octanol–water partition coefficient (Wildman–Crippen LogP) is 1.38. The van der Waals surface area contributed by atoms with E-state index < -0.39 is 5.97 Å². The largest absolute Gasteiger partial charge is 0.456 e. The van der Waals surface area contributed by atoms with Crippen LogP contribution in [0.1, 0.15) is 32.4 Å². The van der Waals surface area contributed by atoms with Gasteiger partial charge in [0.05, 0.1) is 18.4 Å². The van der Waals surface area contributed by atoms with Gasteiger partial charge in [-0.3, -0.25) is 4.68 Å². The molecular formula is C11H14N2O2. The van der Waals surface area contributed by atoms with Crippen LogP contribution in [0.25, 0.3) is 0 Å². The van der Waals surface area contributed by atoms with Crippen LogP contribution in [0, 0.1) is 11.8 Å². The van der Waals surface area contributed by atoms with Crippen molar-refractivity contribution in [3.05, 3.63) is 18.0 Å². The number of ether oxygens (including phenoxy) is 1. The van der Waals surface area contributed by atoms with Crippen LogP contribution >= 0.6 is 0 Å². The molecule has 15 heavy (non-hydrogen) atoms. The molecule has 1 aromatic rings. The molecule has 0 aliphatic rings. The van der Waals surface area contributed by atoms with Crippen LogP contribution in [0.15, 0.2) is 12.4 Å². The lowest BCUT2D eigenvalue weighted by Crippen LogP contribution is -2.00. The lowest BCUT2D eigenvalue weighted by atomic mass is 10.3. The summed E-state index contributed by atoms with van der Waals surface area (Å²) in [6.45, 7) is 6.14. The lowest BCUT2D eigenvalue weighted by Gasteiger charge is -2.02. The second-order valence-corrected chi connectivity index (χ2v) is 3.27. The topological polar surface area (TPSA) is 44.1 Å². The van der Waals surface area contributed by atoms with Crippen LogP contribution in [0.5, 0.6) is 0 Å². The van der Waals surface area contributed by atoms with E-state index in [0.717, 1.165) is 5.56 Å². The lowest BCUT2D eigenvalue weighted by molar-refractivity contribution is -0.136. The molecule has 0 saturated heterocycles. The SMILES string of the molecule is CCOC(=O)C#Cc1cnn(C(C)C)c1. The van der Waals surface area contributed by atoms with Gasteiger partial charge in [0.2, 0.25) is 0 Å². The second-order valence-electron chi connectivity index (χ2n) is 3.27. The number of carbonyl (C=O) groups excluding carboxylic acids is 1. The first-order chi connectivity index (χ1) is 7.13. The van der Waals surface area contributed by atoms with E-state index >= 15 is 0 Å². The van der Waals surface area contributed by atoms with Gasteiger partial charge in [0, 0.05) is 18.2 Å². The van der Waals surface area contributed by atoms with Crippen LogP contribution < -0.4 is 0 Å². The third kappa shape index (κ3) is 3.47. The minimum absolute atomic E-state index is 0.295. The van der Waals surface area contributed by atoms with Gasteiger partial charge >= 0.3 is 5.97 Å². The van der Waals surface area contributed by atoms with Gasteiger partial charge in [-0.2, -0.15) is 5.10 Å². The van der Waals surface area contributed by atoms with Crippen LogP contribution in [0.2, 0.25) is 0 Å². The standard InChI is InChI=1S/C11H14N2O2/c1-4-15-11(14)6-5-10-7-12-13(8-10)9(2)3/h7-9H,4H2,1-3H3. The summed E-state index contributed by atoms with van der Waals surface area (Å²) in [6, 6.07) is 0.295. The van der Waals surface area contributed by atoms with E-state index in [4.69, 9.17) is 0 Å². The molecule has 0 saturated carbocycles. The van der Waals surface area contributed by atoms with Crippen molar-refractivity contribution in [2.45, 2.75) is 26.8 Å². The van der Waals surface area contributed by atoms with Crippen molar-refractivity contribution in [3.8, 4) is 11.8 Å². The predicted molar refractivity (Wildman–Crippen MR) is 56.1 cm³/mol. The number of carbonyl (C=O) groups is 1. The van der Waals surface area contributed by atoms with E-state index in [0.29, 0.717) is 12.6 Å². The Morgan fingerprint density at radius 1 is 1.67 bits per heavy atom. The molecule has 0 unspecified atom stereocenters. The summed E-state index contributed by atoms with van der Waals surface area (Å²) >= 11 is 0. The minimum Gasteiger partial charge on any atom is -0.456 e. The molecule has 0 atom stereocenters. The highest BCUT2D eigenvalue weighted by Crippen LogP contribution is 2.03. The zero-order valence-electron chi connectivity index (χ0n) is 9.15. The Labute approximate surface area is 89.2 Å². The summed E-state index contributed by atoms with van der Waals surface area (Å²) in [4.78, 5) is 10.9. The van der Waals surface area contributed by atoms with Gasteiger partial charge in [-0.05, 0) is 20.8 Å². The fourth-order valence-electron chi connectivity index (χ4n) is 0.975. The molecule has 80 valence electrons. The molecule has 1 rings (SSSR count). The maximum atomic E-state index is 10.9. The Balaban J connectivity index is 2.68. The van der Waals surface area contributed by atoms with E-state index in [2.05, 4.69) is 21.7 Å². The smallest absolute Gasteiger partial charge is 0.384 e. The van der Waals surface area contributed by atoms with E-state index in [1.165, 1.54) is 0 Å². The van der Waals surface area contributed by atoms with Gasteiger partial charge in [-0.1, -0.05) is 5.92 Å². The number of esters is 1. The molecule has 0 amide bonds. The van der Waals surface area contributed by atoms with E-state index in [9.17, 15) is 4.79 Å². The summed E-state index contributed by atoms with van der Waals surface area (Å²) in [5, 5.41) is 4.10. The van der Waals surface area contributed by atoms with Crippen molar-refractivity contribution in [1.82, 2.24) is 9.78 Å². The number of hydrogen-bond donors (Lipinski definition) is 0. The quantitative estimate of drug-likeness (QED) is 0.542. The molecular weight excluding hydrogens is 192 g/mol. The summed E-state index contributed by atoms with van der Waals surface area (Å²) in [5.74, 6) is 4.58. The first kappa shape index (κ1) is 11.3. The first-order valence-electron chi connectivity index (χ1n) is 4.86. The van der Waals surface area contributed by atoms with Crippen molar-refractivity contribution < 1.29 is 9.53 Å². The maximum absolute atomic E-state index is 10.9. The molecule has 1 heterocycles. The minimum atomic E-state index is -0.505. The van der Waals surface area contributed by atoms with Crippen molar-refractivity contribution in [2.24, 2.45) is 0 Å². The third-order valence-corrected chi connectivity index (χ3v) is 1.71. The molecule has 0 fully saturated rings. The van der Waals surface area contributed by atoms with E-state index in [1.807, 2.05) is 13.8 Å². The highest BCUT2D eigenvalue weighted by Gasteiger charge is 1.99. The van der Waals surface area contributed by atoms with Gasteiger partial charge < -0.3 is 4.74 Å². The van der Waals surface area contributed by atoms with Gasteiger partial charge in [-0.15, -0.1) is 0 Å². The fourth-order valence-corrected chi connectivity index (χ4v) is 0.975. The molecule has 0 aliphatic carbocycles. The Hall–Kier alpha value is -1.76. The van der Waals surface area contributed by atoms with Crippen molar-refractivity contribution in [1.29, 1.82) is 0 Å². The zero-order valence-corrected chi connectivity index (χ0v) is 9.15. The van der Waals surface area contributed by atoms with Crippen LogP contribution in [-0.2, 0) is 9.53 Å². The van der Waals surface area contributed by atoms with E-state index in [-0.39, 0.29) is 0 Å². The molecule has 1 aromatic heterocycles. The Bertz CT molecular complexity index is 396. The molecule has 0 radical (unpaired) electrons. The summed E-state index contributed by atoms with van der Waals surface area (Å²) in [6.07, 6.45) is 3.43. The van der Waals surface area contributed by atoms with Gasteiger partial charge in [0.1, 0.15) is 0 Å². The average Bonchev–Trinajstić information content (AvgIpc) is 2.63. The molecule has 0 aliphatic heterocycles. The van der Waals surface area contributed by atoms with Crippen molar-refractivity contribution in [2.75, 3.05) is 6.61 Å². The maximum Gasteiger partial charge on any atom is 0.384 e. The molecule has 4 nitrogen and oxygen atoms in total. The second kappa shape index (κ2) is 5.20. The van der Waals surface area contributed by atoms with Crippen LogP contribution in [0.4, 0.5) is 0 Å². The Kier molecular flexibility index (Phi) is 3.92. The average molecular weight is 206 g/mol. The van der Waals surface area contributed by atoms with Gasteiger partial charge in [0.15, 0.2) is 0 Å². The highest BCUT2D eigenvalue weighted by molar-refractivity contribution is 5.89. The van der Waals surface area contributed by atoms with Crippen LogP contribution in [-0.4, -0.2) is 22.4 Å². The monoisotopic (exact) mass is 206 g/mol. The number of aromatic nitrogens is 2. The summed E-state index contributed by atoms with van der Waals surface area (Å²) in [5.41, 5.74) is 0.719. The number of rotatable bonds is 2. The van der Waals surface area contributed by atoms with Crippen molar-refractivity contribution in [3.63, 3.8) is 0 Å². The first-order valence-corrected chi connectivity index (χ1v) is 4.86. The van der Waals surface area contributed by atoms with Gasteiger partial charge in [-0.25, -0.2) is 4.79 Å². The number of hydrogen-bond acceptors (Lipinski definition) is 3. The summed E-state index contributed by atoms with van der Waals surface area (Å²) in [7, 11) is 0. The normalized spacial score (nSPS) is 9.60.